The molecule has 1 aromatic heterocycles. The van der Waals surface area contributed by atoms with Gasteiger partial charge in [-0.2, -0.15) is 13.2 Å². The molecule has 3 aromatic rings. The Morgan fingerprint density at radius 1 is 0.971 bits per heavy atom. The van der Waals surface area contributed by atoms with Crippen molar-refractivity contribution in [1.29, 1.82) is 0 Å². The van der Waals surface area contributed by atoms with Crippen LogP contribution in [0.3, 0.4) is 0 Å². The average Bonchev–Trinajstić information content (AvgIpc) is 2.77. The number of benzene rings is 2. The van der Waals surface area contributed by atoms with Gasteiger partial charge in [-0.25, -0.2) is 9.78 Å². The molecular weight excluding hydrogens is 443 g/mol. The van der Waals surface area contributed by atoms with Gasteiger partial charge in [-0.3, -0.25) is 0 Å². The van der Waals surface area contributed by atoms with Crippen LogP contribution in [-0.4, -0.2) is 17.6 Å². The first-order chi connectivity index (χ1) is 16.0. The van der Waals surface area contributed by atoms with Crippen LogP contribution in [0, 0.1) is 11.8 Å². The fourth-order valence-corrected chi connectivity index (χ4v) is 3.08. The van der Waals surface area contributed by atoms with Gasteiger partial charge in [0.25, 0.3) is 0 Å². The Labute approximate surface area is 196 Å². The Morgan fingerprint density at radius 3 is 2.24 bits per heavy atom. The summed E-state index contributed by atoms with van der Waals surface area (Å²) < 4.78 is 49.5. The number of hydrogen-bond acceptors (Lipinski definition) is 4. The molecule has 176 valence electrons. The number of pyridine rings is 1. The number of ether oxygens (including phenoxy) is 2. The zero-order valence-electron chi connectivity index (χ0n) is 19.3. The average molecular weight is 467 g/mol. The monoisotopic (exact) mass is 467 g/mol. The summed E-state index contributed by atoms with van der Waals surface area (Å²) >= 11 is 0. The Kier molecular flexibility index (Phi) is 7.31. The quantitative estimate of drug-likeness (QED) is 0.314. The van der Waals surface area contributed by atoms with Gasteiger partial charge in [0, 0.05) is 17.3 Å². The minimum Gasteiger partial charge on any atom is -0.462 e. The lowest BCUT2D eigenvalue weighted by molar-refractivity contribution is -0.137. The van der Waals surface area contributed by atoms with E-state index >= 15 is 0 Å². The molecule has 0 spiro atoms. The van der Waals surface area contributed by atoms with Gasteiger partial charge in [0.2, 0.25) is 0 Å². The number of carbonyl (C=O) groups is 1. The summed E-state index contributed by atoms with van der Waals surface area (Å²) in [6, 6.07) is 13.3. The van der Waals surface area contributed by atoms with Gasteiger partial charge < -0.3 is 9.47 Å². The molecular formula is C27H24F3NO3. The third kappa shape index (κ3) is 6.38. The van der Waals surface area contributed by atoms with Crippen molar-refractivity contribution in [2.24, 2.45) is 0 Å². The third-order valence-corrected chi connectivity index (χ3v) is 4.81. The molecule has 0 unspecified atom stereocenters. The van der Waals surface area contributed by atoms with Gasteiger partial charge >= 0.3 is 12.1 Å². The smallest absolute Gasteiger partial charge is 0.416 e. The van der Waals surface area contributed by atoms with E-state index in [1.807, 2.05) is 32.9 Å². The van der Waals surface area contributed by atoms with Crippen LogP contribution in [0.4, 0.5) is 13.2 Å². The second kappa shape index (κ2) is 10.0. The van der Waals surface area contributed by atoms with Crippen LogP contribution in [0.1, 0.15) is 60.4 Å². The molecule has 0 aliphatic heterocycles. The van der Waals surface area contributed by atoms with E-state index in [0.29, 0.717) is 28.3 Å². The molecule has 3 rings (SSSR count). The van der Waals surface area contributed by atoms with E-state index in [-0.39, 0.29) is 12.0 Å². The lowest BCUT2D eigenvalue weighted by Gasteiger charge is -2.23. The maximum absolute atomic E-state index is 12.9. The van der Waals surface area contributed by atoms with Crippen molar-refractivity contribution in [2.45, 2.75) is 39.3 Å². The minimum absolute atomic E-state index is 0.266. The van der Waals surface area contributed by atoms with Gasteiger partial charge in [-0.05, 0) is 66.8 Å². The largest absolute Gasteiger partial charge is 0.462 e. The highest BCUT2D eigenvalue weighted by atomic mass is 19.4. The summed E-state index contributed by atoms with van der Waals surface area (Å²) in [5.74, 6) is 6.30. The van der Waals surface area contributed by atoms with Crippen molar-refractivity contribution in [3.8, 4) is 23.3 Å². The van der Waals surface area contributed by atoms with E-state index in [1.165, 1.54) is 18.3 Å². The van der Waals surface area contributed by atoms with Crippen LogP contribution in [-0.2, 0) is 16.3 Å². The van der Waals surface area contributed by atoms with Crippen molar-refractivity contribution in [2.75, 3.05) is 6.61 Å². The summed E-state index contributed by atoms with van der Waals surface area (Å²) in [6.07, 6.45) is -3.00. The SMILES string of the molecule is CCOC(=O)c1ccc(C#Cc2ccc(C(C)(C)C)c(Oc3ccc(C(F)(F)F)cc3)c2)nc1. The van der Waals surface area contributed by atoms with E-state index in [9.17, 15) is 18.0 Å². The summed E-state index contributed by atoms with van der Waals surface area (Å²) in [5, 5.41) is 0. The molecule has 0 saturated heterocycles. The molecule has 0 amide bonds. The fourth-order valence-electron chi connectivity index (χ4n) is 3.08. The molecule has 4 nitrogen and oxygen atoms in total. The lowest BCUT2D eigenvalue weighted by Crippen LogP contribution is -2.12. The van der Waals surface area contributed by atoms with Gasteiger partial charge in [0.05, 0.1) is 17.7 Å². The fraction of sp³-hybridized carbons (Fsp3) is 0.259. The number of rotatable bonds is 4. The standard InChI is InChI=1S/C27H24F3NO3/c1-5-33-25(32)19-8-12-21(31-17-19)11-6-18-7-15-23(26(2,3)4)24(16-18)34-22-13-9-20(10-14-22)27(28,29)30/h7-10,12-17H,5H2,1-4H3. The Bertz CT molecular complexity index is 1210. The first-order valence-corrected chi connectivity index (χ1v) is 10.6. The number of carbonyl (C=O) groups excluding carboxylic acids is 1. The van der Waals surface area contributed by atoms with Crippen LogP contribution < -0.4 is 4.74 Å². The molecule has 0 bridgehead atoms. The molecule has 1 heterocycles. The Hall–Kier alpha value is -3.79. The number of nitrogens with zero attached hydrogens (tertiary/aromatic N) is 1. The number of esters is 1. The van der Waals surface area contributed by atoms with E-state index in [4.69, 9.17) is 9.47 Å². The molecule has 0 fully saturated rings. The number of aromatic nitrogens is 1. The highest BCUT2D eigenvalue weighted by molar-refractivity contribution is 5.89. The topological polar surface area (TPSA) is 48.4 Å². The summed E-state index contributed by atoms with van der Waals surface area (Å²) in [6.45, 7) is 8.06. The van der Waals surface area contributed by atoms with Crippen LogP contribution in [0.25, 0.3) is 0 Å². The number of halogens is 3. The Morgan fingerprint density at radius 2 is 1.68 bits per heavy atom. The summed E-state index contributed by atoms with van der Waals surface area (Å²) in [4.78, 5) is 15.9. The minimum atomic E-state index is -4.41. The second-order valence-corrected chi connectivity index (χ2v) is 8.49. The van der Waals surface area contributed by atoms with Gasteiger partial charge in [-0.1, -0.05) is 32.8 Å². The molecule has 0 atom stereocenters. The molecule has 0 aliphatic carbocycles. The lowest BCUT2D eigenvalue weighted by atomic mass is 9.86. The van der Waals surface area contributed by atoms with E-state index in [2.05, 4.69) is 16.8 Å². The highest BCUT2D eigenvalue weighted by Crippen LogP contribution is 2.36. The normalized spacial score (nSPS) is 11.4. The predicted molar refractivity (Wildman–Crippen MR) is 123 cm³/mol. The zero-order chi connectivity index (χ0) is 24.9. The van der Waals surface area contributed by atoms with E-state index < -0.39 is 17.7 Å². The first kappa shape index (κ1) is 24.8. The van der Waals surface area contributed by atoms with Crippen molar-refractivity contribution in [3.63, 3.8) is 0 Å². The molecule has 2 aromatic carbocycles. The second-order valence-electron chi connectivity index (χ2n) is 8.49. The summed E-state index contributed by atoms with van der Waals surface area (Å²) in [7, 11) is 0. The van der Waals surface area contributed by atoms with Crippen LogP contribution in [0.5, 0.6) is 11.5 Å². The van der Waals surface area contributed by atoms with Crippen LogP contribution >= 0.6 is 0 Å². The molecule has 34 heavy (non-hydrogen) atoms. The van der Waals surface area contributed by atoms with Crippen molar-refractivity contribution < 1.29 is 27.4 Å². The first-order valence-electron chi connectivity index (χ1n) is 10.6. The molecule has 0 saturated carbocycles. The van der Waals surface area contributed by atoms with Gasteiger partial charge in [0.1, 0.15) is 17.2 Å². The van der Waals surface area contributed by atoms with Crippen molar-refractivity contribution >= 4 is 5.97 Å². The molecule has 0 N–H and O–H groups in total. The van der Waals surface area contributed by atoms with Gasteiger partial charge in [0.15, 0.2) is 0 Å². The van der Waals surface area contributed by atoms with Gasteiger partial charge in [-0.15, -0.1) is 0 Å². The van der Waals surface area contributed by atoms with Crippen molar-refractivity contribution in [1.82, 2.24) is 4.98 Å². The Balaban J connectivity index is 1.87. The van der Waals surface area contributed by atoms with E-state index in [0.717, 1.165) is 17.7 Å². The number of hydrogen-bond donors (Lipinski definition) is 0. The third-order valence-electron chi connectivity index (χ3n) is 4.81. The van der Waals surface area contributed by atoms with Crippen LogP contribution in [0.2, 0.25) is 0 Å². The molecule has 0 aliphatic rings. The highest BCUT2D eigenvalue weighted by Gasteiger charge is 2.30. The van der Waals surface area contributed by atoms with E-state index in [1.54, 1.807) is 25.1 Å². The maximum atomic E-state index is 12.9. The number of alkyl halides is 3. The predicted octanol–water partition coefficient (Wildman–Crippen LogP) is 6.77. The molecule has 0 radical (unpaired) electrons. The molecule has 7 heteroatoms. The summed E-state index contributed by atoms with van der Waals surface area (Å²) in [5.41, 5.74) is 1.34. The zero-order valence-corrected chi connectivity index (χ0v) is 19.3. The maximum Gasteiger partial charge on any atom is 0.416 e. The van der Waals surface area contributed by atoms with Crippen molar-refractivity contribution in [3.05, 3.63) is 88.7 Å². The van der Waals surface area contributed by atoms with Crippen LogP contribution in [0.15, 0.2) is 60.8 Å².